The Labute approximate surface area is 109 Å². The number of carboxylic acid groups (broad SMARTS) is 1. The highest BCUT2D eigenvalue weighted by Gasteiger charge is 2.26. The van der Waals surface area contributed by atoms with E-state index in [9.17, 15) is 13.8 Å². The van der Waals surface area contributed by atoms with Crippen LogP contribution < -0.4 is 5.32 Å². The van der Waals surface area contributed by atoms with Crippen molar-refractivity contribution >= 4 is 22.7 Å². The molecule has 1 aliphatic rings. The molecule has 1 rings (SSSR count). The summed E-state index contributed by atoms with van der Waals surface area (Å²) in [5.74, 6) is -1.36. The molecule has 104 valence electrons. The molecule has 6 nitrogen and oxygen atoms in total. The third-order valence-corrected chi connectivity index (χ3v) is 4.17. The molecule has 0 spiro atoms. The normalized spacial score (nSPS) is 26.6. The number of hydrogen-bond acceptors (Lipinski definition) is 4. The van der Waals surface area contributed by atoms with Crippen molar-refractivity contribution in [3.63, 3.8) is 0 Å². The fraction of sp³-hybridized carbons (Fsp3) is 0.818. The van der Waals surface area contributed by atoms with E-state index in [4.69, 9.17) is 9.84 Å². The SMILES string of the molecule is CC(=O)NC(CS(=O)CC1CCC(C)O1)C(=O)O. The minimum atomic E-state index is -1.31. The van der Waals surface area contributed by atoms with Gasteiger partial charge in [0, 0.05) is 23.5 Å². The van der Waals surface area contributed by atoms with Gasteiger partial charge in [-0.3, -0.25) is 9.00 Å². The predicted octanol–water partition coefficient (Wildman–Crippen LogP) is -0.108. The average Bonchev–Trinajstić information content (AvgIpc) is 2.62. The fourth-order valence-electron chi connectivity index (χ4n) is 1.89. The molecule has 0 aromatic rings. The molecule has 4 atom stereocenters. The lowest BCUT2D eigenvalue weighted by Crippen LogP contribution is -2.44. The smallest absolute Gasteiger partial charge is 0.327 e. The van der Waals surface area contributed by atoms with Crippen molar-refractivity contribution < 1.29 is 23.6 Å². The molecular weight excluding hydrogens is 258 g/mol. The number of carbonyl (C=O) groups is 2. The van der Waals surface area contributed by atoms with Gasteiger partial charge < -0.3 is 15.2 Å². The average molecular weight is 277 g/mol. The zero-order chi connectivity index (χ0) is 13.7. The molecule has 0 aliphatic carbocycles. The number of carbonyl (C=O) groups excluding carboxylic acids is 1. The third-order valence-electron chi connectivity index (χ3n) is 2.72. The quantitative estimate of drug-likeness (QED) is 0.707. The Balaban J connectivity index is 2.41. The van der Waals surface area contributed by atoms with E-state index in [1.54, 1.807) is 0 Å². The molecule has 1 amide bonds. The Hall–Kier alpha value is -0.950. The number of hydrogen-bond donors (Lipinski definition) is 2. The molecule has 0 aromatic heterocycles. The minimum absolute atomic E-state index is 0.0624. The maximum atomic E-state index is 11.8. The van der Waals surface area contributed by atoms with Crippen molar-refractivity contribution in [2.75, 3.05) is 11.5 Å². The summed E-state index contributed by atoms with van der Waals surface area (Å²) in [4.78, 5) is 21.7. The van der Waals surface area contributed by atoms with Crippen LogP contribution in [-0.4, -0.2) is 50.9 Å². The first-order chi connectivity index (χ1) is 8.38. The van der Waals surface area contributed by atoms with E-state index in [1.165, 1.54) is 6.92 Å². The first-order valence-electron chi connectivity index (χ1n) is 5.88. The molecule has 2 N–H and O–H groups in total. The second-order valence-corrected chi connectivity index (χ2v) is 6.06. The van der Waals surface area contributed by atoms with Crippen LogP contribution in [0.25, 0.3) is 0 Å². The largest absolute Gasteiger partial charge is 0.480 e. The number of ether oxygens (including phenoxy) is 1. The van der Waals surface area contributed by atoms with E-state index in [2.05, 4.69) is 5.32 Å². The van der Waals surface area contributed by atoms with Crippen LogP contribution in [0.5, 0.6) is 0 Å². The van der Waals surface area contributed by atoms with Gasteiger partial charge in [0.15, 0.2) is 0 Å². The van der Waals surface area contributed by atoms with Gasteiger partial charge in [0.05, 0.1) is 18.0 Å². The summed E-state index contributed by atoms with van der Waals surface area (Å²) in [7, 11) is -1.31. The molecule has 1 fully saturated rings. The monoisotopic (exact) mass is 277 g/mol. The Kier molecular flexibility index (Phi) is 5.74. The standard InChI is InChI=1S/C11H19NO5S/c1-7-3-4-9(17-7)5-18(16)6-10(11(14)15)12-8(2)13/h7,9-10H,3-6H2,1-2H3,(H,12,13)(H,14,15). The zero-order valence-electron chi connectivity index (χ0n) is 10.5. The van der Waals surface area contributed by atoms with E-state index >= 15 is 0 Å². The van der Waals surface area contributed by atoms with Gasteiger partial charge in [0.1, 0.15) is 6.04 Å². The third kappa shape index (κ3) is 5.14. The number of rotatable bonds is 6. The topological polar surface area (TPSA) is 92.7 Å². The number of nitrogens with one attached hydrogen (secondary N) is 1. The number of aliphatic carboxylic acids is 1. The van der Waals surface area contributed by atoms with Crippen LogP contribution in [0.2, 0.25) is 0 Å². The fourth-order valence-corrected chi connectivity index (χ4v) is 3.28. The molecule has 0 bridgehead atoms. The van der Waals surface area contributed by atoms with Crippen molar-refractivity contribution in [3.8, 4) is 0 Å². The second-order valence-electron chi connectivity index (χ2n) is 4.51. The Morgan fingerprint density at radius 3 is 2.61 bits per heavy atom. The van der Waals surface area contributed by atoms with Crippen LogP contribution in [0.3, 0.4) is 0 Å². The van der Waals surface area contributed by atoms with Gasteiger partial charge >= 0.3 is 5.97 Å². The van der Waals surface area contributed by atoms with Gasteiger partial charge in [-0.05, 0) is 19.8 Å². The first-order valence-corrected chi connectivity index (χ1v) is 7.37. The highest BCUT2D eigenvalue weighted by atomic mass is 32.2. The van der Waals surface area contributed by atoms with Gasteiger partial charge in [-0.25, -0.2) is 4.79 Å². The second kappa shape index (κ2) is 6.84. The van der Waals surface area contributed by atoms with Crippen LogP contribution >= 0.6 is 0 Å². The van der Waals surface area contributed by atoms with Crippen molar-refractivity contribution in [3.05, 3.63) is 0 Å². The molecular formula is C11H19NO5S. The molecule has 0 radical (unpaired) electrons. The van der Waals surface area contributed by atoms with Crippen molar-refractivity contribution in [1.29, 1.82) is 0 Å². The molecule has 7 heteroatoms. The molecule has 18 heavy (non-hydrogen) atoms. The maximum Gasteiger partial charge on any atom is 0.327 e. The number of carboxylic acids is 1. The van der Waals surface area contributed by atoms with Crippen molar-refractivity contribution in [2.24, 2.45) is 0 Å². The number of amides is 1. The van der Waals surface area contributed by atoms with Crippen LogP contribution in [0.1, 0.15) is 26.7 Å². The Bertz CT molecular complexity index is 346. The van der Waals surface area contributed by atoms with Crippen LogP contribution in [0.4, 0.5) is 0 Å². The summed E-state index contributed by atoms with van der Waals surface area (Å²) in [5, 5.41) is 11.2. The van der Waals surface area contributed by atoms with Crippen LogP contribution in [0.15, 0.2) is 0 Å². The summed E-state index contributed by atoms with van der Waals surface area (Å²) in [6, 6.07) is -1.10. The lowest BCUT2D eigenvalue weighted by molar-refractivity contribution is -0.140. The van der Waals surface area contributed by atoms with E-state index in [0.29, 0.717) is 5.75 Å². The van der Waals surface area contributed by atoms with Gasteiger partial charge in [-0.1, -0.05) is 0 Å². The first kappa shape index (κ1) is 15.1. The molecule has 1 heterocycles. The van der Waals surface area contributed by atoms with E-state index < -0.39 is 28.7 Å². The summed E-state index contributed by atoms with van der Waals surface area (Å²) < 4.78 is 17.3. The Morgan fingerprint density at radius 2 is 2.17 bits per heavy atom. The zero-order valence-corrected chi connectivity index (χ0v) is 11.4. The van der Waals surface area contributed by atoms with E-state index in [1.807, 2.05) is 6.92 Å². The van der Waals surface area contributed by atoms with Crippen LogP contribution in [0, 0.1) is 0 Å². The highest BCUT2D eigenvalue weighted by Crippen LogP contribution is 2.19. The molecule has 4 unspecified atom stereocenters. The summed E-state index contributed by atoms with van der Waals surface area (Å²) in [6.07, 6.45) is 1.91. The van der Waals surface area contributed by atoms with Gasteiger partial charge in [0.2, 0.25) is 5.91 Å². The van der Waals surface area contributed by atoms with E-state index in [-0.39, 0.29) is 18.0 Å². The molecule has 1 saturated heterocycles. The summed E-state index contributed by atoms with van der Waals surface area (Å²) in [6.45, 7) is 3.20. The highest BCUT2D eigenvalue weighted by molar-refractivity contribution is 7.85. The summed E-state index contributed by atoms with van der Waals surface area (Å²) in [5.41, 5.74) is 0. The minimum Gasteiger partial charge on any atom is -0.480 e. The lowest BCUT2D eigenvalue weighted by Gasteiger charge is -2.15. The molecule has 0 saturated carbocycles. The molecule has 0 aromatic carbocycles. The van der Waals surface area contributed by atoms with Gasteiger partial charge in [-0.2, -0.15) is 0 Å². The lowest BCUT2D eigenvalue weighted by atomic mass is 10.2. The maximum absolute atomic E-state index is 11.8. The van der Waals surface area contributed by atoms with Gasteiger partial charge in [-0.15, -0.1) is 0 Å². The van der Waals surface area contributed by atoms with Gasteiger partial charge in [0.25, 0.3) is 0 Å². The molecule has 1 aliphatic heterocycles. The Morgan fingerprint density at radius 1 is 1.50 bits per heavy atom. The van der Waals surface area contributed by atoms with Crippen LogP contribution in [-0.2, 0) is 25.1 Å². The van der Waals surface area contributed by atoms with Crippen molar-refractivity contribution in [2.45, 2.75) is 44.9 Å². The van der Waals surface area contributed by atoms with Crippen molar-refractivity contribution in [1.82, 2.24) is 5.32 Å². The predicted molar refractivity (Wildman–Crippen MR) is 66.7 cm³/mol. The van der Waals surface area contributed by atoms with E-state index in [0.717, 1.165) is 12.8 Å². The summed E-state index contributed by atoms with van der Waals surface area (Å²) >= 11 is 0.